The second kappa shape index (κ2) is 3.93. The first-order chi connectivity index (χ1) is 6.09. The van der Waals surface area contributed by atoms with Crippen LogP contribution in [-0.4, -0.2) is 11.3 Å². The minimum Gasteiger partial charge on any atom is -0.258 e. The predicted molar refractivity (Wildman–Crippen MR) is 42.8 cm³/mol. The summed E-state index contributed by atoms with van der Waals surface area (Å²) >= 11 is 0. The van der Waals surface area contributed by atoms with Crippen molar-refractivity contribution < 1.29 is 13.7 Å². The maximum atomic E-state index is 11.8. The van der Waals surface area contributed by atoms with Gasteiger partial charge in [-0.1, -0.05) is 12.1 Å². The van der Waals surface area contributed by atoms with Gasteiger partial charge < -0.3 is 0 Å². The summed E-state index contributed by atoms with van der Waals surface area (Å²) in [5, 5.41) is 10.2. The zero-order valence-electron chi connectivity index (χ0n) is 6.61. The lowest BCUT2D eigenvalue weighted by molar-refractivity contribution is -0.384. The quantitative estimate of drug-likeness (QED) is 0.538. The Bertz CT molecular complexity index is 298. The molecule has 0 aliphatic carbocycles. The standard InChI is InChI=1S/C8H7F2NO2/c9-8(10)5-6-1-3-7(4-2-6)11(12)13/h1-4,8H,5H2. The lowest BCUT2D eigenvalue weighted by Gasteiger charge is -1.98. The number of hydrogen-bond donors (Lipinski definition) is 0. The van der Waals surface area contributed by atoms with Gasteiger partial charge in [0.05, 0.1) is 4.92 Å². The van der Waals surface area contributed by atoms with E-state index in [1.54, 1.807) is 0 Å². The third-order valence-corrected chi connectivity index (χ3v) is 1.54. The molecule has 1 aromatic rings. The Hall–Kier alpha value is -1.52. The summed E-state index contributed by atoms with van der Waals surface area (Å²) in [6.45, 7) is 0. The average Bonchev–Trinajstić information content (AvgIpc) is 2.04. The van der Waals surface area contributed by atoms with E-state index in [0.29, 0.717) is 5.56 Å². The number of halogens is 2. The van der Waals surface area contributed by atoms with Gasteiger partial charge in [-0.25, -0.2) is 8.78 Å². The first-order valence-electron chi connectivity index (χ1n) is 3.61. The Kier molecular flexibility index (Phi) is 2.89. The zero-order valence-corrected chi connectivity index (χ0v) is 6.61. The summed E-state index contributed by atoms with van der Waals surface area (Å²) < 4.78 is 23.7. The molecule has 1 aromatic carbocycles. The zero-order chi connectivity index (χ0) is 9.84. The van der Waals surface area contributed by atoms with Crippen LogP contribution in [0.5, 0.6) is 0 Å². The molecule has 13 heavy (non-hydrogen) atoms. The van der Waals surface area contributed by atoms with Crippen molar-refractivity contribution in [3.63, 3.8) is 0 Å². The summed E-state index contributed by atoms with van der Waals surface area (Å²) in [5.74, 6) is 0. The van der Waals surface area contributed by atoms with E-state index >= 15 is 0 Å². The highest BCUT2D eigenvalue weighted by atomic mass is 19.3. The molecule has 0 aliphatic rings. The van der Waals surface area contributed by atoms with Gasteiger partial charge in [0.15, 0.2) is 0 Å². The van der Waals surface area contributed by atoms with Crippen molar-refractivity contribution in [2.24, 2.45) is 0 Å². The molecule has 0 atom stereocenters. The van der Waals surface area contributed by atoms with E-state index in [9.17, 15) is 18.9 Å². The summed E-state index contributed by atoms with van der Waals surface area (Å²) in [5.41, 5.74) is 0.318. The summed E-state index contributed by atoms with van der Waals surface area (Å²) in [6.07, 6.45) is -2.78. The van der Waals surface area contributed by atoms with Crippen LogP contribution < -0.4 is 0 Å². The fraction of sp³-hybridized carbons (Fsp3) is 0.250. The molecule has 0 heterocycles. The Morgan fingerprint density at radius 1 is 1.31 bits per heavy atom. The molecule has 3 nitrogen and oxygen atoms in total. The van der Waals surface area contributed by atoms with Gasteiger partial charge in [0.1, 0.15) is 0 Å². The van der Waals surface area contributed by atoms with Crippen LogP contribution in [0, 0.1) is 10.1 Å². The summed E-state index contributed by atoms with van der Waals surface area (Å²) in [6, 6.07) is 5.12. The third-order valence-electron chi connectivity index (χ3n) is 1.54. The monoisotopic (exact) mass is 187 g/mol. The highest BCUT2D eigenvalue weighted by Gasteiger charge is 2.07. The van der Waals surface area contributed by atoms with Crippen LogP contribution in [0.15, 0.2) is 24.3 Å². The van der Waals surface area contributed by atoms with Crippen LogP contribution in [0.4, 0.5) is 14.5 Å². The van der Waals surface area contributed by atoms with Crippen LogP contribution in [-0.2, 0) is 6.42 Å². The topological polar surface area (TPSA) is 43.1 Å². The van der Waals surface area contributed by atoms with E-state index in [1.807, 2.05) is 0 Å². The van der Waals surface area contributed by atoms with E-state index in [4.69, 9.17) is 0 Å². The van der Waals surface area contributed by atoms with E-state index < -0.39 is 11.3 Å². The molecule has 0 spiro atoms. The third kappa shape index (κ3) is 2.77. The molecule has 5 heteroatoms. The Labute approximate surface area is 73.1 Å². The molecule has 1 rings (SSSR count). The molecular weight excluding hydrogens is 180 g/mol. The number of hydrogen-bond acceptors (Lipinski definition) is 2. The van der Waals surface area contributed by atoms with E-state index in [-0.39, 0.29) is 12.1 Å². The number of non-ortho nitro benzene ring substituents is 1. The number of nitro benzene ring substituents is 1. The SMILES string of the molecule is O=[N+]([O-])c1ccc(CC(F)F)cc1. The van der Waals surface area contributed by atoms with Crippen LogP contribution >= 0.6 is 0 Å². The van der Waals surface area contributed by atoms with Crippen LogP contribution in [0.25, 0.3) is 0 Å². The van der Waals surface area contributed by atoms with Gasteiger partial charge in [0.25, 0.3) is 5.69 Å². The predicted octanol–water partition coefficient (Wildman–Crippen LogP) is 2.40. The molecule has 0 unspecified atom stereocenters. The molecule has 0 bridgehead atoms. The fourth-order valence-corrected chi connectivity index (χ4v) is 0.932. The maximum absolute atomic E-state index is 11.8. The lowest BCUT2D eigenvalue weighted by atomic mass is 10.1. The van der Waals surface area contributed by atoms with Gasteiger partial charge in [-0.3, -0.25) is 10.1 Å². The molecule has 0 aliphatic heterocycles. The van der Waals surface area contributed by atoms with Crippen LogP contribution in [0.3, 0.4) is 0 Å². The van der Waals surface area contributed by atoms with Gasteiger partial charge in [0, 0.05) is 18.6 Å². The van der Waals surface area contributed by atoms with Gasteiger partial charge in [0.2, 0.25) is 6.43 Å². The average molecular weight is 187 g/mol. The number of benzene rings is 1. The maximum Gasteiger partial charge on any atom is 0.269 e. The minimum atomic E-state index is -2.42. The minimum absolute atomic E-state index is 0.0852. The van der Waals surface area contributed by atoms with Gasteiger partial charge in [-0.15, -0.1) is 0 Å². The van der Waals surface area contributed by atoms with E-state index in [1.165, 1.54) is 24.3 Å². The largest absolute Gasteiger partial charge is 0.269 e. The highest BCUT2D eigenvalue weighted by molar-refractivity contribution is 5.32. The smallest absolute Gasteiger partial charge is 0.258 e. The Balaban J connectivity index is 2.75. The van der Waals surface area contributed by atoms with Crippen molar-refractivity contribution in [1.29, 1.82) is 0 Å². The van der Waals surface area contributed by atoms with Crippen molar-refractivity contribution in [2.45, 2.75) is 12.8 Å². The van der Waals surface area contributed by atoms with Crippen molar-refractivity contribution in [3.8, 4) is 0 Å². The van der Waals surface area contributed by atoms with Crippen LogP contribution in [0.1, 0.15) is 5.56 Å². The molecule has 0 N–H and O–H groups in total. The molecule has 0 fully saturated rings. The normalized spacial score (nSPS) is 10.4. The molecule has 0 radical (unpaired) electrons. The highest BCUT2D eigenvalue weighted by Crippen LogP contribution is 2.14. The molecule has 0 saturated carbocycles. The second-order valence-corrected chi connectivity index (χ2v) is 2.52. The van der Waals surface area contributed by atoms with Gasteiger partial charge >= 0.3 is 0 Å². The second-order valence-electron chi connectivity index (χ2n) is 2.52. The first kappa shape index (κ1) is 9.57. The Morgan fingerprint density at radius 2 is 1.85 bits per heavy atom. The van der Waals surface area contributed by atoms with Gasteiger partial charge in [-0.2, -0.15) is 0 Å². The Morgan fingerprint density at radius 3 is 2.23 bits per heavy atom. The van der Waals surface area contributed by atoms with E-state index in [0.717, 1.165) is 0 Å². The molecule has 0 amide bonds. The van der Waals surface area contributed by atoms with Crippen LogP contribution in [0.2, 0.25) is 0 Å². The van der Waals surface area contributed by atoms with Crippen molar-refractivity contribution >= 4 is 5.69 Å². The van der Waals surface area contributed by atoms with Crippen molar-refractivity contribution in [3.05, 3.63) is 39.9 Å². The summed E-state index contributed by atoms with van der Waals surface area (Å²) in [7, 11) is 0. The molecule has 70 valence electrons. The number of rotatable bonds is 3. The number of nitro groups is 1. The molecule has 0 saturated heterocycles. The number of nitrogens with zero attached hydrogens (tertiary/aromatic N) is 1. The van der Waals surface area contributed by atoms with Crippen molar-refractivity contribution in [1.82, 2.24) is 0 Å². The lowest BCUT2D eigenvalue weighted by Crippen LogP contribution is -1.96. The van der Waals surface area contributed by atoms with Gasteiger partial charge in [-0.05, 0) is 5.56 Å². The van der Waals surface area contributed by atoms with Crippen molar-refractivity contribution in [2.75, 3.05) is 0 Å². The number of alkyl halides is 2. The van der Waals surface area contributed by atoms with E-state index in [2.05, 4.69) is 0 Å². The fourth-order valence-electron chi connectivity index (χ4n) is 0.932. The first-order valence-corrected chi connectivity index (χ1v) is 3.61. The molecular formula is C8H7F2NO2. The molecule has 0 aromatic heterocycles. The summed E-state index contributed by atoms with van der Waals surface area (Å²) in [4.78, 5) is 9.63.